The average molecular weight is 487 g/mol. The van der Waals surface area contributed by atoms with Gasteiger partial charge in [-0.1, -0.05) is 32.9 Å². The van der Waals surface area contributed by atoms with Crippen LogP contribution in [0.5, 0.6) is 0 Å². The fourth-order valence-corrected chi connectivity index (χ4v) is 11.0. The van der Waals surface area contributed by atoms with E-state index < -0.39 is 22.5 Å². The maximum absolute atomic E-state index is 13.3. The van der Waals surface area contributed by atoms with Gasteiger partial charge in [0.2, 0.25) is 6.29 Å². The Kier molecular flexibility index (Phi) is 5.48. The Morgan fingerprint density at radius 3 is 2.29 bits per heavy atom. The number of carbonyl (C=O) groups excluding carboxylic acids is 2. The van der Waals surface area contributed by atoms with Gasteiger partial charge in [-0.3, -0.25) is 9.59 Å². The molecular formula is C30H46O5. The van der Waals surface area contributed by atoms with E-state index in [1.165, 1.54) is 5.57 Å². The Hall–Kier alpha value is -1.36. The summed E-state index contributed by atoms with van der Waals surface area (Å²) in [6.45, 7) is 17.6. The molecule has 0 amide bonds. The number of carbonyl (C=O) groups is 2. The van der Waals surface area contributed by atoms with Gasteiger partial charge in [-0.15, -0.1) is 0 Å². The maximum atomic E-state index is 13.3. The predicted octanol–water partition coefficient (Wildman–Crippen LogP) is 5.90. The van der Waals surface area contributed by atoms with Crippen LogP contribution in [0.4, 0.5) is 0 Å². The number of allylic oxidation sites excluding steroid dienone is 1. The van der Waals surface area contributed by atoms with Crippen LogP contribution in [0.1, 0.15) is 92.9 Å². The first-order valence-corrected chi connectivity index (χ1v) is 13.8. The molecule has 35 heavy (non-hydrogen) atoms. The zero-order valence-electron chi connectivity index (χ0n) is 22.9. The highest BCUT2D eigenvalue weighted by molar-refractivity contribution is 5.78. The molecule has 4 saturated carbocycles. The highest BCUT2D eigenvalue weighted by Crippen LogP contribution is 2.77. The van der Waals surface area contributed by atoms with Crippen molar-refractivity contribution in [1.29, 1.82) is 0 Å². The number of hydrogen-bond donors (Lipinski definition) is 1. The van der Waals surface area contributed by atoms with Gasteiger partial charge in [0.05, 0.1) is 17.9 Å². The van der Waals surface area contributed by atoms with E-state index in [0.29, 0.717) is 11.8 Å². The van der Waals surface area contributed by atoms with Gasteiger partial charge in [-0.25, -0.2) is 0 Å². The summed E-state index contributed by atoms with van der Waals surface area (Å²) in [6, 6.07) is 0. The number of cyclic esters (lactones) is 1. The summed E-state index contributed by atoms with van der Waals surface area (Å²) in [5, 5.41) is 11.3. The molecule has 1 saturated heterocycles. The predicted molar refractivity (Wildman–Crippen MR) is 134 cm³/mol. The van der Waals surface area contributed by atoms with E-state index in [4.69, 9.17) is 9.47 Å². The van der Waals surface area contributed by atoms with Gasteiger partial charge in [0, 0.05) is 5.41 Å². The van der Waals surface area contributed by atoms with Crippen molar-refractivity contribution < 1.29 is 24.2 Å². The number of hydrogen-bond acceptors (Lipinski definition) is 5. The zero-order valence-corrected chi connectivity index (χ0v) is 22.9. The monoisotopic (exact) mass is 486 g/mol. The highest BCUT2D eigenvalue weighted by atomic mass is 16.6. The van der Waals surface area contributed by atoms with Crippen LogP contribution in [0.2, 0.25) is 0 Å². The van der Waals surface area contributed by atoms with Gasteiger partial charge in [-0.2, -0.15) is 0 Å². The topological polar surface area (TPSA) is 72.8 Å². The second kappa shape index (κ2) is 7.58. The molecule has 5 rings (SSSR count). The van der Waals surface area contributed by atoms with Crippen molar-refractivity contribution in [2.45, 2.75) is 99.2 Å². The highest BCUT2D eigenvalue weighted by Gasteiger charge is 2.74. The second-order valence-electron chi connectivity index (χ2n) is 14.2. The molecule has 0 aromatic heterocycles. The Labute approximate surface area is 211 Å². The van der Waals surface area contributed by atoms with Gasteiger partial charge >= 0.3 is 11.9 Å². The molecule has 5 fully saturated rings. The molecule has 0 unspecified atom stereocenters. The minimum atomic E-state index is -1.06. The fraction of sp³-hybridized carbons (Fsp3) is 0.867. The molecule has 4 aliphatic carbocycles. The maximum Gasteiger partial charge on any atom is 0.314 e. The van der Waals surface area contributed by atoms with E-state index >= 15 is 0 Å². The lowest BCUT2D eigenvalue weighted by Crippen LogP contribution is -2.70. The molecule has 0 spiro atoms. The number of methoxy groups -OCH3 is 1. The molecule has 5 heteroatoms. The van der Waals surface area contributed by atoms with Crippen molar-refractivity contribution in [2.24, 2.45) is 56.7 Å². The van der Waals surface area contributed by atoms with E-state index in [-0.39, 0.29) is 40.5 Å². The Balaban J connectivity index is 1.59. The number of esters is 2. The van der Waals surface area contributed by atoms with Crippen LogP contribution in [0, 0.1) is 56.7 Å². The van der Waals surface area contributed by atoms with Crippen LogP contribution in [0.25, 0.3) is 0 Å². The molecule has 196 valence electrons. The van der Waals surface area contributed by atoms with Gasteiger partial charge in [0.15, 0.2) is 0 Å². The van der Waals surface area contributed by atoms with E-state index in [0.717, 1.165) is 51.4 Å². The fourth-order valence-electron chi connectivity index (χ4n) is 11.0. The van der Waals surface area contributed by atoms with Crippen LogP contribution in [0.15, 0.2) is 12.2 Å². The normalized spacial score (nSPS) is 52.3. The zero-order chi connectivity index (χ0) is 25.8. The Bertz CT molecular complexity index is 954. The largest absolute Gasteiger partial charge is 0.469 e. The van der Waals surface area contributed by atoms with Crippen molar-refractivity contribution >= 4 is 11.9 Å². The smallest absolute Gasteiger partial charge is 0.314 e. The van der Waals surface area contributed by atoms with E-state index in [9.17, 15) is 14.7 Å². The summed E-state index contributed by atoms with van der Waals surface area (Å²) < 4.78 is 11.1. The Morgan fingerprint density at radius 2 is 1.66 bits per heavy atom. The van der Waals surface area contributed by atoms with Crippen molar-refractivity contribution in [2.75, 3.05) is 7.11 Å². The number of fused-ring (bicyclic) bond motifs is 7. The van der Waals surface area contributed by atoms with Gasteiger partial charge < -0.3 is 14.6 Å². The second-order valence-corrected chi connectivity index (χ2v) is 14.2. The lowest BCUT2D eigenvalue weighted by Gasteiger charge is -2.72. The summed E-state index contributed by atoms with van der Waals surface area (Å²) in [4.78, 5) is 26.1. The SMILES string of the molecule is C=C(C)[C@@H]1CC[C@]2(C(=O)OC)CC[C@]3(C)[C@H](CC[C@@H]4[C@@]5(C)[C@@H](O)OC(=O)C(C)(C)[C@@H]5CC[C@]43C)[C@@H]12. The average Bonchev–Trinajstić information content (AvgIpc) is 3.19. The third kappa shape index (κ3) is 2.85. The molecule has 10 atom stereocenters. The van der Waals surface area contributed by atoms with Crippen LogP contribution in [-0.4, -0.2) is 30.4 Å². The first kappa shape index (κ1) is 25.3. The number of aliphatic hydroxyl groups is 1. The molecule has 0 bridgehead atoms. The lowest BCUT2D eigenvalue weighted by atomic mass is 9.33. The van der Waals surface area contributed by atoms with Crippen molar-refractivity contribution in [3.63, 3.8) is 0 Å². The molecule has 0 radical (unpaired) electrons. The van der Waals surface area contributed by atoms with Gasteiger partial charge in [0.25, 0.3) is 0 Å². The molecular weight excluding hydrogens is 440 g/mol. The van der Waals surface area contributed by atoms with E-state index in [1.807, 2.05) is 13.8 Å². The molecule has 1 aliphatic heterocycles. The number of rotatable bonds is 2. The third-order valence-electron chi connectivity index (χ3n) is 13.0. The molecule has 0 aromatic rings. The number of ether oxygens (including phenoxy) is 2. The van der Waals surface area contributed by atoms with Crippen LogP contribution >= 0.6 is 0 Å². The van der Waals surface area contributed by atoms with Crippen LogP contribution in [-0.2, 0) is 19.1 Å². The molecule has 5 nitrogen and oxygen atoms in total. The number of aliphatic hydroxyl groups excluding tert-OH is 1. The first-order valence-electron chi connectivity index (χ1n) is 13.8. The Morgan fingerprint density at radius 1 is 0.971 bits per heavy atom. The summed E-state index contributed by atoms with van der Waals surface area (Å²) in [6.07, 6.45) is 6.71. The van der Waals surface area contributed by atoms with Gasteiger partial charge in [0.1, 0.15) is 0 Å². The van der Waals surface area contributed by atoms with Crippen molar-refractivity contribution in [1.82, 2.24) is 0 Å². The molecule has 1 heterocycles. The van der Waals surface area contributed by atoms with Gasteiger partial charge in [-0.05, 0) is 113 Å². The van der Waals surface area contributed by atoms with E-state index in [2.05, 4.69) is 34.3 Å². The third-order valence-corrected chi connectivity index (χ3v) is 13.0. The first-order chi connectivity index (χ1) is 16.2. The lowest BCUT2D eigenvalue weighted by molar-refractivity contribution is -0.307. The summed E-state index contributed by atoms with van der Waals surface area (Å²) in [5.41, 5.74) is -0.241. The summed E-state index contributed by atoms with van der Waals surface area (Å²) >= 11 is 0. The summed E-state index contributed by atoms with van der Waals surface area (Å²) in [5.74, 6) is 1.09. The standard InChI is InChI=1S/C30H46O5/c1-17(2)18-11-14-30(25(33)34-8)16-15-27(5)19(22(18)30)9-10-21-28(27,6)13-12-20-26(3,4)23(31)35-24(32)29(20,21)7/h18-22,24,32H,1,9-16H2,2-8H3/t18-,19+,20-,21-,22+,24-,27+,28+,29-,30-/m0/s1. The van der Waals surface area contributed by atoms with Crippen LogP contribution in [0.3, 0.4) is 0 Å². The van der Waals surface area contributed by atoms with Crippen molar-refractivity contribution in [3.05, 3.63) is 12.2 Å². The van der Waals surface area contributed by atoms with Crippen LogP contribution < -0.4 is 0 Å². The molecule has 1 N–H and O–H groups in total. The minimum absolute atomic E-state index is 0.00747. The van der Waals surface area contributed by atoms with Crippen molar-refractivity contribution in [3.8, 4) is 0 Å². The molecule has 0 aromatic carbocycles. The van der Waals surface area contributed by atoms with E-state index in [1.54, 1.807) is 7.11 Å². The minimum Gasteiger partial charge on any atom is -0.469 e. The molecule has 5 aliphatic rings. The quantitative estimate of drug-likeness (QED) is 0.389. The summed E-state index contributed by atoms with van der Waals surface area (Å²) in [7, 11) is 1.55.